The first kappa shape index (κ1) is 12.1. The van der Waals surface area contributed by atoms with Crippen molar-refractivity contribution in [2.75, 3.05) is 11.5 Å². The van der Waals surface area contributed by atoms with Gasteiger partial charge in [-0.15, -0.1) is 0 Å². The number of imidazole rings is 1. The Kier molecular flexibility index (Phi) is 3.19. The monoisotopic (exact) mass is 257 g/mol. The largest absolute Gasteiger partial charge is 0.348 e. The van der Waals surface area contributed by atoms with Crippen LogP contribution in [0.1, 0.15) is 29.0 Å². The van der Waals surface area contributed by atoms with Crippen LogP contribution in [0.3, 0.4) is 0 Å². The first-order valence-electron chi connectivity index (χ1n) is 5.49. The molecule has 94 valence electrons. The maximum absolute atomic E-state index is 11.8. The van der Waals surface area contributed by atoms with Gasteiger partial charge in [0.2, 0.25) is 0 Å². The fourth-order valence-electron chi connectivity index (χ4n) is 1.88. The number of nitrogens with zero attached hydrogens (tertiary/aromatic N) is 1. The SMILES string of the molecule is Cc1[nH]cnc1C(=O)NC1CCS(=O)(=O)CC1. The number of amides is 1. The van der Waals surface area contributed by atoms with Crippen molar-refractivity contribution in [2.45, 2.75) is 25.8 Å². The number of sulfone groups is 1. The van der Waals surface area contributed by atoms with E-state index in [1.54, 1.807) is 6.92 Å². The third-order valence-corrected chi connectivity index (χ3v) is 4.65. The molecule has 0 atom stereocenters. The fraction of sp³-hybridized carbons (Fsp3) is 0.600. The molecule has 0 aromatic carbocycles. The Balaban J connectivity index is 1.95. The topological polar surface area (TPSA) is 91.9 Å². The number of aromatic nitrogens is 2. The van der Waals surface area contributed by atoms with Gasteiger partial charge in [0.25, 0.3) is 5.91 Å². The minimum Gasteiger partial charge on any atom is -0.348 e. The highest BCUT2D eigenvalue weighted by Crippen LogP contribution is 2.13. The van der Waals surface area contributed by atoms with E-state index in [0.29, 0.717) is 24.2 Å². The Morgan fingerprint density at radius 2 is 2.12 bits per heavy atom. The number of carbonyl (C=O) groups is 1. The van der Waals surface area contributed by atoms with Gasteiger partial charge in [-0.05, 0) is 19.8 Å². The number of H-pyrrole nitrogens is 1. The Bertz CT molecular complexity index is 507. The highest BCUT2D eigenvalue weighted by atomic mass is 32.2. The number of nitrogens with one attached hydrogen (secondary N) is 2. The molecule has 0 radical (unpaired) electrons. The zero-order valence-electron chi connectivity index (χ0n) is 9.56. The number of rotatable bonds is 2. The molecule has 2 rings (SSSR count). The molecule has 6 nitrogen and oxygen atoms in total. The lowest BCUT2D eigenvalue weighted by Gasteiger charge is -2.22. The predicted molar refractivity (Wildman–Crippen MR) is 62.5 cm³/mol. The van der Waals surface area contributed by atoms with Gasteiger partial charge < -0.3 is 10.3 Å². The minimum absolute atomic E-state index is 0.0675. The predicted octanol–water partition coefficient (Wildman–Crippen LogP) is 0.0251. The van der Waals surface area contributed by atoms with Crippen LogP contribution in [0.25, 0.3) is 0 Å². The molecule has 0 saturated carbocycles. The van der Waals surface area contributed by atoms with Crippen LogP contribution in [-0.2, 0) is 9.84 Å². The summed E-state index contributed by atoms with van der Waals surface area (Å²) < 4.78 is 22.5. The molecule has 2 N–H and O–H groups in total. The van der Waals surface area contributed by atoms with Crippen molar-refractivity contribution in [3.05, 3.63) is 17.7 Å². The third kappa shape index (κ3) is 2.85. The summed E-state index contributed by atoms with van der Waals surface area (Å²) in [5.41, 5.74) is 1.09. The van der Waals surface area contributed by atoms with Gasteiger partial charge >= 0.3 is 0 Å². The van der Waals surface area contributed by atoms with Gasteiger partial charge in [0, 0.05) is 11.7 Å². The van der Waals surface area contributed by atoms with Crippen LogP contribution >= 0.6 is 0 Å². The van der Waals surface area contributed by atoms with E-state index < -0.39 is 9.84 Å². The van der Waals surface area contributed by atoms with Gasteiger partial charge in [-0.3, -0.25) is 4.79 Å². The Morgan fingerprint density at radius 3 is 2.65 bits per heavy atom. The third-order valence-electron chi connectivity index (χ3n) is 2.93. The van der Waals surface area contributed by atoms with E-state index in [1.165, 1.54) is 6.33 Å². The molecule has 7 heteroatoms. The standard InChI is InChI=1S/C10H15N3O3S/c1-7-9(12-6-11-7)10(14)13-8-2-4-17(15,16)5-3-8/h6,8H,2-5H2,1H3,(H,11,12)(H,13,14). The first-order chi connectivity index (χ1) is 7.98. The van der Waals surface area contributed by atoms with Crippen molar-refractivity contribution >= 4 is 15.7 Å². The molecule has 17 heavy (non-hydrogen) atoms. The van der Waals surface area contributed by atoms with Crippen LogP contribution < -0.4 is 5.32 Å². The van der Waals surface area contributed by atoms with Crippen molar-refractivity contribution in [3.63, 3.8) is 0 Å². The highest BCUT2D eigenvalue weighted by Gasteiger charge is 2.25. The molecule has 1 saturated heterocycles. The van der Waals surface area contributed by atoms with Crippen LogP contribution in [0, 0.1) is 6.92 Å². The van der Waals surface area contributed by atoms with Gasteiger partial charge in [-0.2, -0.15) is 0 Å². The fourth-order valence-corrected chi connectivity index (χ4v) is 3.37. The molecule has 1 amide bonds. The number of carbonyl (C=O) groups excluding carboxylic acids is 1. The molecule has 1 aromatic heterocycles. The summed E-state index contributed by atoms with van der Waals surface area (Å²) in [7, 11) is -2.89. The van der Waals surface area contributed by atoms with E-state index in [4.69, 9.17) is 0 Å². The van der Waals surface area contributed by atoms with E-state index in [-0.39, 0.29) is 23.5 Å². The van der Waals surface area contributed by atoms with E-state index in [0.717, 1.165) is 0 Å². The summed E-state index contributed by atoms with van der Waals surface area (Å²) in [4.78, 5) is 18.6. The average molecular weight is 257 g/mol. The minimum atomic E-state index is -2.89. The van der Waals surface area contributed by atoms with Crippen molar-refractivity contribution in [3.8, 4) is 0 Å². The number of hydrogen-bond acceptors (Lipinski definition) is 4. The zero-order valence-corrected chi connectivity index (χ0v) is 10.4. The van der Waals surface area contributed by atoms with Crippen LogP contribution in [0.4, 0.5) is 0 Å². The molecule has 0 bridgehead atoms. The zero-order chi connectivity index (χ0) is 12.5. The molecule has 0 unspecified atom stereocenters. The molecule has 1 aliphatic heterocycles. The lowest BCUT2D eigenvalue weighted by atomic mass is 10.1. The first-order valence-corrected chi connectivity index (χ1v) is 7.31. The Labute approximate surface area is 99.7 Å². The molecular formula is C10H15N3O3S. The van der Waals surface area contributed by atoms with E-state index in [1.807, 2.05) is 0 Å². The van der Waals surface area contributed by atoms with E-state index in [9.17, 15) is 13.2 Å². The smallest absolute Gasteiger partial charge is 0.271 e. The van der Waals surface area contributed by atoms with Crippen LogP contribution in [0.2, 0.25) is 0 Å². The molecule has 0 spiro atoms. The van der Waals surface area contributed by atoms with Crippen molar-refractivity contribution < 1.29 is 13.2 Å². The molecule has 0 aliphatic carbocycles. The summed E-state index contributed by atoms with van der Waals surface area (Å²) in [5, 5.41) is 2.81. The van der Waals surface area contributed by atoms with Gasteiger partial charge in [-0.1, -0.05) is 0 Å². The Morgan fingerprint density at radius 1 is 1.47 bits per heavy atom. The van der Waals surface area contributed by atoms with Crippen molar-refractivity contribution in [1.82, 2.24) is 15.3 Å². The van der Waals surface area contributed by atoms with E-state index in [2.05, 4.69) is 15.3 Å². The summed E-state index contributed by atoms with van der Waals surface area (Å²) in [6.45, 7) is 1.77. The summed E-state index contributed by atoms with van der Waals surface area (Å²) in [6, 6.07) is -0.0675. The van der Waals surface area contributed by atoms with Gasteiger partial charge in [0.15, 0.2) is 0 Å². The van der Waals surface area contributed by atoms with Gasteiger partial charge in [0.1, 0.15) is 15.5 Å². The van der Waals surface area contributed by atoms with Crippen LogP contribution in [-0.4, -0.2) is 41.8 Å². The second kappa shape index (κ2) is 4.48. The second-order valence-electron chi connectivity index (χ2n) is 4.28. The summed E-state index contributed by atoms with van der Waals surface area (Å²) in [5.74, 6) is 0.0580. The van der Waals surface area contributed by atoms with Crippen molar-refractivity contribution in [1.29, 1.82) is 0 Å². The Hall–Kier alpha value is -1.37. The van der Waals surface area contributed by atoms with Crippen molar-refractivity contribution in [2.24, 2.45) is 0 Å². The lowest BCUT2D eigenvalue weighted by molar-refractivity contribution is 0.0929. The normalized spacial score (nSPS) is 20.1. The molecule has 1 fully saturated rings. The van der Waals surface area contributed by atoms with Gasteiger partial charge in [0.05, 0.1) is 17.8 Å². The number of aryl methyl sites for hydroxylation is 1. The van der Waals surface area contributed by atoms with E-state index >= 15 is 0 Å². The lowest BCUT2D eigenvalue weighted by Crippen LogP contribution is -2.41. The molecule has 1 aliphatic rings. The summed E-state index contributed by atoms with van der Waals surface area (Å²) >= 11 is 0. The average Bonchev–Trinajstić information content (AvgIpc) is 2.68. The summed E-state index contributed by atoms with van der Waals surface area (Å²) in [6.07, 6.45) is 2.44. The quantitative estimate of drug-likeness (QED) is 0.781. The van der Waals surface area contributed by atoms with Crippen LogP contribution in [0.15, 0.2) is 6.33 Å². The molecule has 1 aromatic rings. The maximum atomic E-state index is 11.8. The molecular weight excluding hydrogens is 242 g/mol. The number of aromatic amines is 1. The maximum Gasteiger partial charge on any atom is 0.271 e. The second-order valence-corrected chi connectivity index (χ2v) is 6.58. The van der Waals surface area contributed by atoms with Gasteiger partial charge in [-0.25, -0.2) is 13.4 Å². The molecule has 2 heterocycles. The number of hydrogen-bond donors (Lipinski definition) is 2. The van der Waals surface area contributed by atoms with Crippen LogP contribution in [0.5, 0.6) is 0 Å². The highest BCUT2D eigenvalue weighted by molar-refractivity contribution is 7.91.